The molecule has 128 valence electrons. The monoisotopic (exact) mass is 343 g/mol. The van der Waals surface area contributed by atoms with Gasteiger partial charge in [-0.15, -0.1) is 0 Å². The number of benzene rings is 2. The minimum absolute atomic E-state index is 0.0562. The van der Waals surface area contributed by atoms with Crippen molar-refractivity contribution in [2.24, 2.45) is 0 Å². The highest BCUT2D eigenvalue weighted by atomic mass is 19.1. The van der Waals surface area contributed by atoms with Crippen LogP contribution < -0.4 is 4.74 Å². The van der Waals surface area contributed by atoms with Gasteiger partial charge in [-0.25, -0.2) is 4.39 Å². The standard InChI is InChI=1S/C18H14FNO5/c19-12-5-7-13(8-6-12)24-9-10-25-16(21)11-20-17(22)14-3-1-2-4-15(14)18(20)23/h1-8H,9-11H2. The number of imide groups is 1. The zero-order valence-electron chi connectivity index (χ0n) is 13.1. The molecule has 0 saturated heterocycles. The maximum atomic E-state index is 12.8. The molecule has 0 aliphatic carbocycles. The lowest BCUT2D eigenvalue weighted by molar-refractivity contribution is -0.144. The lowest BCUT2D eigenvalue weighted by atomic mass is 10.1. The molecule has 0 unspecified atom stereocenters. The van der Waals surface area contributed by atoms with E-state index in [-0.39, 0.29) is 30.2 Å². The summed E-state index contributed by atoms with van der Waals surface area (Å²) in [5.41, 5.74) is 0.555. The summed E-state index contributed by atoms with van der Waals surface area (Å²) in [6.07, 6.45) is 0. The number of hydrogen-bond donors (Lipinski definition) is 0. The van der Waals surface area contributed by atoms with Gasteiger partial charge in [-0.05, 0) is 36.4 Å². The summed E-state index contributed by atoms with van der Waals surface area (Å²) >= 11 is 0. The van der Waals surface area contributed by atoms with Gasteiger partial charge in [-0.3, -0.25) is 19.3 Å². The lowest BCUT2D eigenvalue weighted by Gasteiger charge is -2.13. The number of amides is 2. The van der Waals surface area contributed by atoms with Crippen molar-refractivity contribution < 1.29 is 28.2 Å². The third-order valence-corrected chi connectivity index (χ3v) is 3.59. The molecule has 2 aromatic rings. The van der Waals surface area contributed by atoms with Crippen molar-refractivity contribution in [3.8, 4) is 5.75 Å². The predicted octanol–water partition coefficient (Wildman–Crippen LogP) is 2.04. The van der Waals surface area contributed by atoms with Crippen molar-refractivity contribution in [3.63, 3.8) is 0 Å². The first kappa shape index (κ1) is 16.6. The molecule has 0 fully saturated rings. The molecular formula is C18H14FNO5. The molecule has 0 N–H and O–H groups in total. The van der Waals surface area contributed by atoms with Gasteiger partial charge in [0.2, 0.25) is 0 Å². The van der Waals surface area contributed by atoms with Gasteiger partial charge in [0.1, 0.15) is 31.3 Å². The number of esters is 1. The SMILES string of the molecule is O=C(CN1C(=O)c2ccccc2C1=O)OCCOc1ccc(F)cc1. The maximum absolute atomic E-state index is 12.8. The van der Waals surface area contributed by atoms with E-state index in [0.717, 1.165) is 4.90 Å². The molecule has 1 aliphatic heterocycles. The Balaban J connectivity index is 1.46. The smallest absolute Gasteiger partial charge is 0.326 e. The Morgan fingerprint density at radius 2 is 1.52 bits per heavy atom. The highest BCUT2D eigenvalue weighted by Gasteiger charge is 2.36. The first-order chi connectivity index (χ1) is 12.1. The van der Waals surface area contributed by atoms with Crippen LogP contribution in [-0.4, -0.2) is 42.4 Å². The number of carbonyl (C=O) groups is 3. The van der Waals surface area contributed by atoms with E-state index >= 15 is 0 Å². The normalized spacial score (nSPS) is 12.9. The fourth-order valence-corrected chi connectivity index (χ4v) is 2.40. The van der Waals surface area contributed by atoms with Gasteiger partial charge in [0.25, 0.3) is 11.8 Å². The zero-order chi connectivity index (χ0) is 17.8. The van der Waals surface area contributed by atoms with Crippen molar-refractivity contribution in [1.82, 2.24) is 4.90 Å². The summed E-state index contributed by atoms with van der Waals surface area (Å²) in [5.74, 6) is -1.67. The molecule has 1 heterocycles. The Morgan fingerprint density at radius 3 is 2.12 bits per heavy atom. The summed E-state index contributed by atoms with van der Waals surface area (Å²) in [5, 5.41) is 0. The van der Waals surface area contributed by atoms with E-state index in [2.05, 4.69) is 0 Å². The number of ether oxygens (including phenoxy) is 2. The molecule has 2 amide bonds. The average Bonchev–Trinajstić information content (AvgIpc) is 2.86. The molecule has 0 radical (unpaired) electrons. The summed E-state index contributed by atoms with van der Waals surface area (Å²) in [7, 11) is 0. The quantitative estimate of drug-likeness (QED) is 0.456. The van der Waals surface area contributed by atoms with Crippen molar-refractivity contribution in [2.45, 2.75) is 0 Å². The van der Waals surface area contributed by atoms with Crippen molar-refractivity contribution in [2.75, 3.05) is 19.8 Å². The van der Waals surface area contributed by atoms with E-state index in [1.54, 1.807) is 12.1 Å². The second-order valence-electron chi connectivity index (χ2n) is 5.26. The van der Waals surface area contributed by atoms with Crippen LogP contribution in [0, 0.1) is 5.82 Å². The molecule has 0 bridgehead atoms. The van der Waals surface area contributed by atoms with E-state index < -0.39 is 24.3 Å². The van der Waals surface area contributed by atoms with Gasteiger partial charge in [0.15, 0.2) is 0 Å². The maximum Gasteiger partial charge on any atom is 0.326 e. The Hall–Kier alpha value is -3.22. The summed E-state index contributed by atoms with van der Waals surface area (Å²) in [6.45, 7) is -0.443. The number of nitrogens with zero attached hydrogens (tertiary/aromatic N) is 1. The van der Waals surface area contributed by atoms with E-state index in [4.69, 9.17) is 9.47 Å². The van der Waals surface area contributed by atoms with Gasteiger partial charge in [0.05, 0.1) is 11.1 Å². The van der Waals surface area contributed by atoms with Crippen molar-refractivity contribution in [1.29, 1.82) is 0 Å². The average molecular weight is 343 g/mol. The Labute approximate surface area is 142 Å². The van der Waals surface area contributed by atoms with Crippen LogP contribution in [0.4, 0.5) is 4.39 Å². The highest BCUT2D eigenvalue weighted by Crippen LogP contribution is 2.22. The van der Waals surface area contributed by atoms with Crippen molar-refractivity contribution >= 4 is 17.8 Å². The second kappa shape index (κ2) is 7.12. The summed E-state index contributed by atoms with van der Waals surface area (Å²) in [6, 6.07) is 11.8. The molecule has 7 heteroatoms. The third kappa shape index (κ3) is 3.65. The first-order valence-corrected chi connectivity index (χ1v) is 7.55. The molecule has 0 aromatic heterocycles. The molecular weight excluding hydrogens is 329 g/mol. The van der Waals surface area contributed by atoms with Crippen molar-refractivity contribution in [3.05, 3.63) is 65.5 Å². The van der Waals surface area contributed by atoms with E-state index in [1.807, 2.05) is 0 Å². The number of fused-ring (bicyclic) bond motifs is 1. The van der Waals surface area contributed by atoms with Crippen LogP contribution in [0.2, 0.25) is 0 Å². The van der Waals surface area contributed by atoms with Crippen LogP contribution in [0.25, 0.3) is 0 Å². The minimum Gasteiger partial charge on any atom is -0.490 e. The van der Waals surface area contributed by atoms with Gasteiger partial charge in [-0.1, -0.05) is 12.1 Å². The Morgan fingerprint density at radius 1 is 0.920 bits per heavy atom. The topological polar surface area (TPSA) is 72.9 Å². The number of carbonyl (C=O) groups excluding carboxylic acids is 3. The van der Waals surface area contributed by atoms with Crippen LogP contribution in [0.3, 0.4) is 0 Å². The number of halogens is 1. The zero-order valence-corrected chi connectivity index (χ0v) is 13.1. The summed E-state index contributed by atoms with van der Waals surface area (Å²) < 4.78 is 23.0. The first-order valence-electron chi connectivity index (χ1n) is 7.55. The molecule has 25 heavy (non-hydrogen) atoms. The van der Waals surface area contributed by atoms with E-state index in [0.29, 0.717) is 5.75 Å². The fraction of sp³-hybridized carbons (Fsp3) is 0.167. The Kier molecular flexibility index (Phi) is 4.74. The van der Waals surface area contributed by atoms with Gasteiger partial charge >= 0.3 is 5.97 Å². The molecule has 6 nitrogen and oxygen atoms in total. The number of hydrogen-bond acceptors (Lipinski definition) is 5. The van der Waals surface area contributed by atoms with Gasteiger partial charge in [-0.2, -0.15) is 0 Å². The van der Waals surface area contributed by atoms with E-state index in [1.165, 1.54) is 36.4 Å². The summed E-state index contributed by atoms with van der Waals surface area (Å²) in [4.78, 5) is 36.9. The van der Waals surface area contributed by atoms with Gasteiger partial charge in [0, 0.05) is 0 Å². The van der Waals surface area contributed by atoms with Crippen LogP contribution >= 0.6 is 0 Å². The predicted molar refractivity (Wildman–Crippen MR) is 84.7 cm³/mol. The van der Waals surface area contributed by atoms with Crippen LogP contribution in [0.5, 0.6) is 5.75 Å². The van der Waals surface area contributed by atoms with Gasteiger partial charge < -0.3 is 9.47 Å². The van der Waals surface area contributed by atoms with Crippen LogP contribution in [0.15, 0.2) is 48.5 Å². The second-order valence-corrected chi connectivity index (χ2v) is 5.26. The molecule has 0 spiro atoms. The fourth-order valence-electron chi connectivity index (χ4n) is 2.40. The lowest BCUT2D eigenvalue weighted by Crippen LogP contribution is -2.36. The largest absolute Gasteiger partial charge is 0.490 e. The highest BCUT2D eigenvalue weighted by molar-refractivity contribution is 6.22. The molecule has 0 saturated carbocycles. The minimum atomic E-state index is -0.711. The third-order valence-electron chi connectivity index (χ3n) is 3.59. The molecule has 1 aliphatic rings. The Bertz CT molecular complexity index is 783. The number of rotatable bonds is 6. The van der Waals surface area contributed by atoms with E-state index in [9.17, 15) is 18.8 Å². The van der Waals surface area contributed by atoms with Crippen LogP contribution in [-0.2, 0) is 9.53 Å². The molecule has 2 aromatic carbocycles. The molecule has 0 atom stereocenters. The van der Waals surface area contributed by atoms with Crippen LogP contribution in [0.1, 0.15) is 20.7 Å². The molecule has 3 rings (SSSR count).